The molecule has 1 unspecified atom stereocenters. The van der Waals surface area contributed by atoms with Crippen molar-refractivity contribution in [3.05, 3.63) is 88.5 Å². The summed E-state index contributed by atoms with van der Waals surface area (Å²) in [7, 11) is 0. The average Bonchev–Trinajstić information content (AvgIpc) is 3.04. The van der Waals surface area contributed by atoms with Gasteiger partial charge >= 0.3 is 195 Å². The molecule has 33 heavy (non-hydrogen) atoms. The van der Waals surface area contributed by atoms with E-state index >= 15 is 0 Å². The van der Waals surface area contributed by atoms with E-state index in [2.05, 4.69) is 115 Å². The summed E-state index contributed by atoms with van der Waals surface area (Å²) in [5.74, 6) is 0.971. The Morgan fingerprint density at radius 1 is 0.939 bits per heavy atom. The Kier molecular flexibility index (Phi) is 8.19. The summed E-state index contributed by atoms with van der Waals surface area (Å²) in [5.41, 5.74) is 7.98. The number of hydrogen-bond acceptors (Lipinski definition) is 1. The molecule has 0 heterocycles. The first-order valence-corrected chi connectivity index (χ1v) is 13.7. The van der Waals surface area contributed by atoms with Gasteiger partial charge in [0.05, 0.1) is 0 Å². The first-order valence-electron chi connectivity index (χ1n) is 11.1. The van der Waals surface area contributed by atoms with Gasteiger partial charge < -0.3 is 0 Å². The fourth-order valence-electron chi connectivity index (χ4n) is 4.91. The molecule has 0 fully saturated rings. The van der Waals surface area contributed by atoms with Crippen LogP contribution in [0.15, 0.2) is 66.3 Å². The Bertz CT molecular complexity index is 1160. The molecule has 0 bridgehead atoms. The van der Waals surface area contributed by atoms with E-state index < -0.39 is 17.8 Å². The van der Waals surface area contributed by atoms with Gasteiger partial charge in [0.25, 0.3) is 0 Å². The van der Waals surface area contributed by atoms with Crippen molar-refractivity contribution in [3.8, 4) is 5.75 Å². The molecule has 0 saturated heterocycles. The predicted molar refractivity (Wildman–Crippen MR) is 146 cm³/mol. The van der Waals surface area contributed by atoms with E-state index in [9.17, 15) is 0 Å². The number of halogens is 2. The van der Waals surface area contributed by atoms with Gasteiger partial charge in [-0.2, -0.15) is 0 Å². The van der Waals surface area contributed by atoms with Crippen LogP contribution in [-0.2, 0) is 23.2 Å². The molecule has 4 rings (SSSR count). The van der Waals surface area contributed by atoms with Crippen molar-refractivity contribution < 1.29 is 21.1 Å². The zero-order chi connectivity index (χ0) is 22.6. The molecule has 4 heteroatoms. The van der Waals surface area contributed by atoms with Crippen LogP contribution in [0, 0.1) is 12.3 Å². The second-order valence-corrected chi connectivity index (χ2v) is 13.8. The second kappa shape index (κ2) is 9.70. The van der Waals surface area contributed by atoms with Crippen LogP contribution in [-0.4, -0.2) is 4.82 Å². The van der Waals surface area contributed by atoms with Gasteiger partial charge in [-0.15, -0.1) is 24.8 Å². The molecule has 0 saturated carbocycles. The summed E-state index contributed by atoms with van der Waals surface area (Å²) in [6.07, 6.45) is 9.27. The number of benzene rings is 2. The van der Waals surface area contributed by atoms with Crippen molar-refractivity contribution in [1.82, 2.24) is 0 Å². The Morgan fingerprint density at radius 2 is 1.61 bits per heavy atom. The van der Waals surface area contributed by atoms with Gasteiger partial charge in [0.1, 0.15) is 0 Å². The third-order valence-electron chi connectivity index (χ3n) is 6.66. The fraction of sp³-hybridized carbons (Fsp3) is 0.345. The van der Waals surface area contributed by atoms with E-state index in [1.165, 1.54) is 33.4 Å². The number of rotatable bonds is 3. The Hall–Kier alpha value is -1.38. The molecule has 2 aromatic carbocycles. The molecule has 2 aromatic rings. The summed E-state index contributed by atoms with van der Waals surface area (Å²) in [4.78, 5) is 4.77. The van der Waals surface area contributed by atoms with Crippen molar-refractivity contribution in [2.45, 2.75) is 57.6 Å². The summed E-state index contributed by atoms with van der Waals surface area (Å²) >= 11 is -2.37. The Labute approximate surface area is 218 Å². The van der Waals surface area contributed by atoms with Crippen LogP contribution in [0.1, 0.15) is 63.8 Å². The number of aryl methyl sites for hydroxylation is 1. The molecule has 1 atom stereocenters. The van der Waals surface area contributed by atoms with Gasteiger partial charge in [-0.25, -0.2) is 0 Å². The molecule has 2 aliphatic carbocycles. The molecule has 0 spiro atoms. The topological polar surface area (TPSA) is 9.23 Å². The summed E-state index contributed by atoms with van der Waals surface area (Å²) < 4.78 is 6.66. The van der Waals surface area contributed by atoms with Crippen LogP contribution in [0.25, 0.3) is 11.6 Å². The predicted octanol–water partition coefficient (Wildman–Crippen LogP) is 8.74. The number of allylic oxidation sites excluding steroid dienone is 5. The number of hydrogen-bond donors (Lipinski definition) is 0. The van der Waals surface area contributed by atoms with Crippen LogP contribution in [0.3, 0.4) is 0 Å². The SMILES string of the molecule is Cl.Cl.[CH2]=[Ti]([O]c1cc(C)cc(C(C)(C)C)c1)[C]1(C(C)(C)C)C=CC=C2C1=Cc1ccccc12. The monoisotopic (exact) mass is 518 g/mol. The molecule has 0 radical (unpaired) electrons. The second-order valence-electron chi connectivity index (χ2n) is 11.0. The molecular weight excluding hydrogens is 483 g/mol. The number of fused-ring (bicyclic) bond motifs is 3. The van der Waals surface area contributed by atoms with E-state index in [4.69, 9.17) is 8.14 Å². The third kappa shape index (κ3) is 4.89. The van der Waals surface area contributed by atoms with E-state index in [-0.39, 0.29) is 39.4 Å². The summed E-state index contributed by atoms with van der Waals surface area (Å²) in [6.45, 7) is 15.9. The van der Waals surface area contributed by atoms with Gasteiger partial charge in [0, 0.05) is 0 Å². The van der Waals surface area contributed by atoms with E-state index in [0.717, 1.165) is 5.75 Å². The molecular formula is C29H36Cl2OTi. The molecule has 0 aromatic heterocycles. The minimum absolute atomic E-state index is 0. The molecule has 0 N–H and O–H groups in total. The van der Waals surface area contributed by atoms with Crippen molar-refractivity contribution in [3.63, 3.8) is 0 Å². The van der Waals surface area contributed by atoms with Crippen molar-refractivity contribution in [2.24, 2.45) is 5.41 Å². The molecule has 0 aliphatic heterocycles. The Balaban J connectivity index is 0.00000193. The first kappa shape index (κ1) is 27.9. The van der Waals surface area contributed by atoms with E-state index in [1.807, 2.05) is 0 Å². The van der Waals surface area contributed by atoms with Crippen LogP contribution in [0.5, 0.6) is 5.75 Å². The van der Waals surface area contributed by atoms with Crippen LogP contribution in [0.4, 0.5) is 0 Å². The minimum atomic E-state index is -2.37. The maximum absolute atomic E-state index is 6.84. The van der Waals surface area contributed by atoms with E-state index in [0.29, 0.717) is 0 Å². The van der Waals surface area contributed by atoms with Crippen LogP contribution >= 0.6 is 24.8 Å². The van der Waals surface area contributed by atoms with Gasteiger partial charge in [-0.1, -0.05) is 0 Å². The summed E-state index contributed by atoms with van der Waals surface area (Å²) in [5, 5.41) is 0. The van der Waals surface area contributed by atoms with E-state index in [1.54, 1.807) is 0 Å². The average molecular weight is 519 g/mol. The molecule has 2 aliphatic rings. The first-order chi connectivity index (χ1) is 14.4. The van der Waals surface area contributed by atoms with Crippen molar-refractivity contribution in [1.29, 1.82) is 0 Å². The standard InChI is InChI=1S/C17H17.C11H16O.CH2.2ClH.Ti/c1-17(2,3)16-10-6-9-14-13-8-5-4-7-12(13)11-15(14)16;1-8-5-9(11(2,3)4)7-10(12)6-8;;;;/h4-11H,1-3H3;5-7,12H,1-4H3;1H2;2*1H;/q;;;;;+1/p-1. The van der Waals surface area contributed by atoms with Crippen LogP contribution < -0.4 is 3.32 Å². The van der Waals surface area contributed by atoms with Gasteiger partial charge in [0.2, 0.25) is 0 Å². The summed E-state index contributed by atoms with van der Waals surface area (Å²) in [6, 6.07) is 15.4. The quantitative estimate of drug-likeness (QED) is 0.369. The zero-order valence-electron chi connectivity index (χ0n) is 20.8. The zero-order valence-corrected chi connectivity index (χ0v) is 24.0. The molecule has 0 amide bonds. The normalized spacial score (nSPS) is 18.8. The Morgan fingerprint density at radius 3 is 2.24 bits per heavy atom. The van der Waals surface area contributed by atoms with Crippen molar-refractivity contribution >= 4 is 41.3 Å². The fourth-order valence-corrected chi connectivity index (χ4v) is 8.33. The van der Waals surface area contributed by atoms with Gasteiger partial charge in [-0.3, -0.25) is 0 Å². The molecule has 176 valence electrons. The molecule has 1 nitrogen and oxygen atoms in total. The van der Waals surface area contributed by atoms with Crippen LogP contribution in [0.2, 0.25) is 3.72 Å². The maximum atomic E-state index is 6.84. The van der Waals surface area contributed by atoms with Gasteiger partial charge in [0.15, 0.2) is 0 Å². The van der Waals surface area contributed by atoms with Gasteiger partial charge in [-0.05, 0) is 0 Å². The third-order valence-corrected chi connectivity index (χ3v) is 10.6. The van der Waals surface area contributed by atoms with Crippen molar-refractivity contribution in [2.75, 3.05) is 0 Å².